The highest BCUT2D eigenvalue weighted by Gasteiger charge is 2.18. The van der Waals surface area contributed by atoms with E-state index in [2.05, 4.69) is 9.44 Å². The topological polar surface area (TPSA) is 93.6 Å². The molecule has 0 bridgehead atoms. The number of hydrogen-bond acceptors (Lipinski definition) is 7. The van der Waals surface area contributed by atoms with Crippen molar-refractivity contribution in [2.24, 2.45) is 0 Å². The molecular formula is C18H14Cl2N2O4S3. The quantitative estimate of drug-likeness (QED) is 0.263. The number of methoxy groups -OCH3 is 1. The summed E-state index contributed by atoms with van der Waals surface area (Å²) in [4.78, 5) is 12.0. The number of carboxylic acid groups (broad SMARTS) is 1. The highest BCUT2D eigenvalue weighted by atomic mass is 35.5. The molecule has 0 amide bonds. The highest BCUT2D eigenvalue weighted by Crippen LogP contribution is 2.37. The molecule has 0 aliphatic heterocycles. The van der Waals surface area contributed by atoms with Crippen LogP contribution in [0.1, 0.15) is 10.4 Å². The molecule has 0 radical (unpaired) electrons. The summed E-state index contributed by atoms with van der Waals surface area (Å²) in [7, 11) is 1.41. The predicted molar refractivity (Wildman–Crippen MR) is 120 cm³/mol. The smallest absolute Gasteiger partial charge is 0.339 e. The van der Waals surface area contributed by atoms with Crippen LogP contribution in [0, 0.1) is 0 Å². The first-order valence-corrected chi connectivity index (χ1v) is 11.5. The SMILES string of the molecule is COc1ccc(SNc2cc(Cl)c(Cl)cc2N[S+]([O-])c2cccs2)cc1C(=O)O. The normalized spacial score (nSPS) is 11.7. The number of carboxylic acids is 1. The van der Waals surface area contributed by atoms with Crippen molar-refractivity contribution in [2.45, 2.75) is 9.10 Å². The number of anilines is 2. The van der Waals surface area contributed by atoms with E-state index in [1.54, 1.807) is 30.3 Å². The van der Waals surface area contributed by atoms with Crippen LogP contribution in [0.5, 0.6) is 5.75 Å². The van der Waals surface area contributed by atoms with Crippen LogP contribution in [0.25, 0.3) is 0 Å². The van der Waals surface area contributed by atoms with Crippen LogP contribution in [0.15, 0.2) is 56.9 Å². The maximum atomic E-state index is 12.5. The van der Waals surface area contributed by atoms with E-state index < -0.39 is 17.3 Å². The van der Waals surface area contributed by atoms with E-state index in [4.69, 9.17) is 27.9 Å². The van der Waals surface area contributed by atoms with Crippen molar-refractivity contribution in [3.8, 4) is 5.75 Å². The van der Waals surface area contributed by atoms with Crippen molar-refractivity contribution in [1.82, 2.24) is 0 Å². The average molecular weight is 489 g/mol. The van der Waals surface area contributed by atoms with Crippen LogP contribution in [0.2, 0.25) is 10.0 Å². The first kappa shape index (κ1) is 21.9. The van der Waals surface area contributed by atoms with E-state index in [0.29, 0.717) is 30.5 Å². The average Bonchev–Trinajstić information content (AvgIpc) is 3.24. The minimum absolute atomic E-state index is 0.0468. The van der Waals surface area contributed by atoms with E-state index in [9.17, 15) is 14.5 Å². The zero-order valence-electron chi connectivity index (χ0n) is 14.8. The third-order valence-corrected chi connectivity index (χ3v) is 7.47. The van der Waals surface area contributed by atoms with Crippen LogP contribution in [0.4, 0.5) is 11.4 Å². The Labute approximate surface area is 188 Å². The fraction of sp³-hybridized carbons (Fsp3) is 0.0556. The summed E-state index contributed by atoms with van der Waals surface area (Å²) >= 11 is 13.3. The molecular weight excluding hydrogens is 475 g/mol. The lowest BCUT2D eigenvalue weighted by Crippen LogP contribution is -2.12. The number of ether oxygens (including phenoxy) is 1. The molecule has 1 heterocycles. The maximum Gasteiger partial charge on any atom is 0.339 e. The summed E-state index contributed by atoms with van der Waals surface area (Å²) in [5.74, 6) is -0.822. The third kappa shape index (κ3) is 5.44. The molecule has 0 aliphatic carbocycles. The number of hydrogen-bond donors (Lipinski definition) is 3. The number of nitrogens with one attached hydrogen (secondary N) is 2. The molecule has 0 saturated heterocycles. The van der Waals surface area contributed by atoms with Gasteiger partial charge in [-0.05, 0) is 53.7 Å². The zero-order chi connectivity index (χ0) is 21.0. The summed E-state index contributed by atoms with van der Waals surface area (Å²) < 4.78 is 24.3. The Morgan fingerprint density at radius 1 is 1.21 bits per heavy atom. The van der Waals surface area contributed by atoms with Gasteiger partial charge in [-0.3, -0.25) is 0 Å². The van der Waals surface area contributed by atoms with Gasteiger partial charge in [0.1, 0.15) is 28.4 Å². The molecule has 1 aromatic heterocycles. The van der Waals surface area contributed by atoms with Crippen molar-refractivity contribution in [3.63, 3.8) is 0 Å². The standard InChI is InChI=1S/C18H14Cl2N2O4S3/c1-26-16-5-4-10(7-11(16)18(23)24)28-21-14-8-12(19)13(20)9-15(14)22-29(25)17-3-2-6-27-17/h2-9,21-22H,1H3,(H,23,24). The largest absolute Gasteiger partial charge is 0.587 e. The Bertz CT molecular complexity index is 1020. The van der Waals surface area contributed by atoms with Gasteiger partial charge in [0, 0.05) is 11.0 Å². The number of rotatable bonds is 8. The second-order valence-corrected chi connectivity index (χ2v) is 9.57. The summed E-state index contributed by atoms with van der Waals surface area (Å²) in [6, 6.07) is 11.5. The van der Waals surface area contributed by atoms with Crippen molar-refractivity contribution >= 4 is 75.2 Å². The first-order chi connectivity index (χ1) is 13.9. The fourth-order valence-corrected chi connectivity index (χ4v) is 5.06. The van der Waals surface area contributed by atoms with Crippen molar-refractivity contribution in [3.05, 3.63) is 63.5 Å². The third-order valence-electron chi connectivity index (χ3n) is 3.62. The monoisotopic (exact) mass is 488 g/mol. The molecule has 29 heavy (non-hydrogen) atoms. The lowest BCUT2D eigenvalue weighted by molar-refractivity contribution is 0.0693. The molecule has 3 N–H and O–H groups in total. The molecule has 0 saturated carbocycles. The van der Waals surface area contributed by atoms with E-state index in [-0.39, 0.29) is 11.3 Å². The number of halogens is 2. The summed E-state index contributed by atoms with van der Waals surface area (Å²) in [5.41, 5.74) is 1.08. The van der Waals surface area contributed by atoms with Gasteiger partial charge in [0.2, 0.25) is 4.21 Å². The van der Waals surface area contributed by atoms with E-state index in [1.807, 2.05) is 11.4 Å². The molecule has 0 aliphatic rings. The van der Waals surface area contributed by atoms with Crippen LogP contribution in [0.3, 0.4) is 0 Å². The molecule has 11 heteroatoms. The second kappa shape index (κ2) is 9.84. The Morgan fingerprint density at radius 2 is 1.93 bits per heavy atom. The Balaban J connectivity index is 1.82. The van der Waals surface area contributed by atoms with Crippen molar-refractivity contribution in [2.75, 3.05) is 16.6 Å². The van der Waals surface area contributed by atoms with Crippen LogP contribution in [-0.2, 0) is 11.4 Å². The summed E-state index contributed by atoms with van der Waals surface area (Å²) in [6.07, 6.45) is 0. The van der Waals surface area contributed by atoms with E-state index in [1.165, 1.54) is 36.5 Å². The molecule has 0 spiro atoms. The number of benzene rings is 2. The zero-order valence-corrected chi connectivity index (χ0v) is 18.7. The Hall–Kier alpha value is -1.75. The van der Waals surface area contributed by atoms with Gasteiger partial charge in [-0.1, -0.05) is 34.5 Å². The molecule has 3 aromatic rings. The summed E-state index contributed by atoms with van der Waals surface area (Å²) in [6.45, 7) is 0. The summed E-state index contributed by atoms with van der Waals surface area (Å²) in [5, 5.41) is 11.8. The van der Waals surface area contributed by atoms with Crippen LogP contribution in [-0.4, -0.2) is 22.7 Å². The van der Waals surface area contributed by atoms with Gasteiger partial charge < -0.3 is 19.1 Å². The van der Waals surface area contributed by atoms with E-state index in [0.717, 1.165) is 0 Å². The van der Waals surface area contributed by atoms with Crippen molar-refractivity contribution in [1.29, 1.82) is 0 Å². The number of thiophene rings is 1. The van der Waals surface area contributed by atoms with Gasteiger partial charge in [0.05, 0.1) is 22.8 Å². The molecule has 152 valence electrons. The van der Waals surface area contributed by atoms with Gasteiger partial charge in [-0.2, -0.15) is 0 Å². The number of carbonyl (C=O) groups is 1. The minimum atomic E-state index is -1.47. The molecule has 2 aromatic carbocycles. The molecule has 0 fully saturated rings. The predicted octanol–water partition coefficient (Wildman–Crippen LogP) is 6.02. The van der Waals surface area contributed by atoms with Crippen molar-refractivity contribution < 1.29 is 19.2 Å². The van der Waals surface area contributed by atoms with Crippen LogP contribution >= 0.6 is 46.5 Å². The second-order valence-electron chi connectivity index (χ2n) is 5.49. The minimum Gasteiger partial charge on any atom is -0.587 e. The van der Waals surface area contributed by atoms with Gasteiger partial charge >= 0.3 is 5.97 Å². The molecule has 1 atom stereocenters. The van der Waals surface area contributed by atoms with Gasteiger partial charge in [0.25, 0.3) is 0 Å². The maximum absolute atomic E-state index is 12.5. The number of aromatic carboxylic acids is 1. The fourth-order valence-electron chi connectivity index (χ4n) is 2.27. The van der Waals surface area contributed by atoms with Gasteiger partial charge in [0.15, 0.2) is 0 Å². The van der Waals surface area contributed by atoms with E-state index >= 15 is 0 Å². The lowest BCUT2D eigenvalue weighted by atomic mass is 10.2. The Morgan fingerprint density at radius 3 is 2.55 bits per heavy atom. The Kier molecular flexibility index (Phi) is 7.44. The van der Waals surface area contributed by atoms with Gasteiger partial charge in [-0.25, -0.2) is 9.52 Å². The highest BCUT2D eigenvalue weighted by molar-refractivity contribution is 8.00. The molecule has 6 nitrogen and oxygen atoms in total. The molecule has 1 unspecified atom stereocenters. The van der Waals surface area contributed by atoms with Gasteiger partial charge in [-0.15, -0.1) is 0 Å². The van der Waals surface area contributed by atoms with Crippen LogP contribution < -0.4 is 14.2 Å². The molecule has 3 rings (SSSR count). The lowest BCUT2D eigenvalue weighted by Gasteiger charge is -2.16. The first-order valence-electron chi connectivity index (χ1n) is 7.94.